The number of hydrogen-bond acceptors (Lipinski definition) is 4. The molecule has 3 nitrogen and oxygen atoms in total. The van der Waals surface area contributed by atoms with Crippen molar-refractivity contribution < 1.29 is 0 Å². The van der Waals surface area contributed by atoms with E-state index in [1.54, 1.807) is 12.3 Å². The summed E-state index contributed by atoms with van der Waals surface area (Å²) in [6, 6.07) is 5.65. The summed E-state index contributed by atoms with van der Waals surface area (Å²) in [6.45, 7) is 5.22. The molecule has 1 aromatic heterocycles. The Kier molecular flexibility index (Phi) is 3.98. The molecule has 1 rings (SSSR count). The largest absolute Gasteiger partial charge is 0.384 e. The van der Waals surface area contributed by atoms with Crippen molar-refractivity contribution in [1.82, 2.24) is 4.98 Å². The highest BCUT2D eigenvalue weighted by Crippen LogP contribution is 2.21. The normalized spacial score (nSPS) is 10.8. The maximum Gasteiger partial charge on any atom is 0.142 e. The Morgan fingerprint density at radius 1 is 1.60 bits per heavy atom. The number of aromatic nitrogens is 1. The van der Waals surface area contributed by atoms with Crippen LogP contribution in [0.1, 0.15) is 19.5 Å². The van der Waals surface area contributed by atoms with E-state index in [1.165, 1.54) is 0 Å². The fourth-order valence-corrected chi connectivity index (χ4v) is 1.21. The van der Waals surface area contributed by atoms with Gasteiger partial charge in [-0.3, -0.25) is 0 Å². The van der Waals surface area contributed by atoms with Gasteiger partial charge in [-0.25, -0.2) is 4.98 Å². The van der Waals surface area contributed by atoms with Gasteiger partial charge in [0.2, 0.25) is 0 Å². The van der Waals surface area contributed by atoms with Gasteiger partial charge in [0.25, 0.3) is 0 Å². The minimum Gasteiger partial charge on any atom is -0.384 e. The lowest BCUT2D eigenvalue weighted by Crippen LogP contribution is -2.25. The van der Waals surface area contributed by atoms with E-state index in [1.807, 2.05) is 23.9 Å². The zero-order chi connectivity index (χ0) is 11.3. The van der Waals surface area contributed by atoms with Gasteiger partial charge in [-0.05, 0) is 32.2 Å². The zero-order valence-corrected chi connectivity index (χ0v) is 10.1. The van der Waals surface area contributed by atoms with Crippen molar-refractivity contribution in [3.8, 4) is 6.07 Å². The molecule has 4 heteroatoms. The second-order valence-corrected chi connectivity index (χ2v) is 5.37. The van der Waals surface area contributed by atoms with E-state index in [2.05, 4.69) is 30.4 Å². The van der Waals surface area contributed by atoms with Gasteiger partial charge in [0.1, 0.15) is 11.8 Å². The van der Waals surface area contributed by atoms with Crippen molar-refractivity contribution in [3.05, 3.63) is 24.0 Å². The molecule has 80 valence electrons. The van der Waals surface area contributed by atoms with Crippen LogP contribution in [0.15, 0.2) is 18.3 Å². The maximum absolute atomic E-state index is 8.69. The standard InChI is InChI=1S/C11H15N3S/c1-11(2,15-3)8-14-9-4-5-13-10(6-9)7-12/h4-6H,8H2,1-3H3,(H,13,14). The zero-order valence-electron chi connectivity index (χ0n) is 9.24. The Labute approximate surface area is 94.9 Å². The van der Waals surface area contributed by atoms with E-state index >= 15 is 0 Å². The molecule has 0 spiro atoms. The number of nitriles is 1. The molecule has 0 aromatic carbocycles. The molecular formula is C11H15N3S. The van der Waals surface area contributed by atoms with Gasteiger partial charge in [0.15, 0.2) is 0 Å². The molecule has 0 amide bonds. The van der Waals surface area contributed by atoms with Crippen molar-refractivity contribution in [2.75, 3.05) is 18.1 Å². The quantitative estimate of drug-likeness (QED) is 0.848. The molecule has 1 N–H and O–H groups in total. The molecule has 0 radical (unpaired) electrons. The number of nitrogens with zero attached hydrogens (tertiary/aromatic N) is 2. The van der Waals surface area contributed by atoms with Crippen LogP contribution in [0.3, 0.4) is 0 Å². The Bertz CT molecular complexity index is 368. The summed E-state index contributed by atoms with van der Waals surface area (Å²) in [5.74, 6) is 0. The van der Waals surface area contributed by atoms with Gasteiger partial charge in [-0.15, -0.1) is 0 Å². The van der Waals surface area contributed by atoms with Crippen LogP contribution in [-0.4, -0.2) is 22.5 Å². The summed E-state index contributed by atoms with van der Waals surface area (Å²) in [5.41, 5.74) is 1.39. The van der Waals surface area contributed by atoms with Gasteiger partial charge in [0, 0.05) is 23.2 Å². The molecule has 0 saturated carbocycles. The molecule has 0 aliphatic carbocycles. The summed E-state index contributed by atoms with van der Waals surface area (Å²) in [5, 5.41) is 12.0. The first kappa shape index (κ1) is 11.9. The third kappa shape index (κ3) is 3.80. The number of pyridine rings is 1. The van der Waals surface area contributed by atoms with Crippen LogP contribution in [0, 0.1) is 11.3 Å². The molecule has 0 saturated heterocycles. The van der Waals surface area contributed by atoms with Gasteiger partial charge in [-0.1, -0.05) is 0 Å². The molecule has 1 aromatic rings. The molecule has 0 unspecified atom stereocenters. The smallest absolute Gasteiger partial charge is 0.142 e. The Morgan fingerprint density at radius 3 is 2.93 bits per heavy atom. The fraction of sp³-hybridized carbons (Fsp3) is 0.455. The third-order valence-corrected chi connectivity index (χ3v) is 3.39. The summed E-state index contributed by atoms with van der Waals surface area (Å²) in [4.78, 5) is 3.92. The molecule has 1 heterocycles. The molecular weight excluding hydrogens is 206 g/mol. The number of thioether (sulfide) groups is 1. The van der Waals surface area contributed by atoms with Crippen LogP contribution < -0.4 is 5.32 Å². The SMILES string of the molecule is CSC(C)(C)CNc1ccnc(C#N)c1. The predicted octanol–water partition coefficient (Wildman–Crippen LogP) is 2.51. The average molecular weight is 221 g/mol. The molecule has 0 aliphatic heterocycles. The van der Waals surface area contributed by atoms with Gasteiger partial charge in [0.05, 0.1) is 0 Å². The number of anilines is 1. The maximum atomic E-state index is 8.69. The predicted molar refractivity (Wildman–Crippen MR) is 65.0 cm³/mol. The molecule has 15 heavy (non-hydrogen) atoms. The van der Waals surface area contributed by atoms with Crippen LogP contribution >= 0.6 is 11.8 Å². The van der Waals surface area contributed by atoms with Crippen molar-refractivity contribution in [2.24, 2.45) is 0 Å². The molecule has 0 fully saturated rings. The van der Waals surface area contributed by atoms with Crippen LogP contribution in [-0.2, 0) is 0 Å². The minimum atomic E-state index is 0.191. The van der Waals surface area contributed by atoms with E-state index in [4.69, 9.17) is 5.26 Å². The second-order valence-electron chi connectivity index (χ2n) is 3.86. The Balaban J connectivity index is 2.62. The van der Waals surface area contributed by atoms with E-state index in [9.17, 15) is 0 Å². The summed E-state index contributed by atoms with van der Waals surface area (Å²) >= 11 is 1.81. The lowest BCUT2D eigenvalue weighted by molar-refractivity contribution is 0.752. The third-order valence-electron chi connectivity index (χ3n) is 2.15. The molecule has 0 bridgehead atoms. The van der Waals surface area contributed by atoms with Crippen LogP contribution in [0.2, 0.25) is 0 Å². The van der Waals surface area contributed by atoms with E-state index in [-0.39, 0.29) is 4.75 Å². The van der Waals surface area contributed by atoms with Crippen molar-refractivity contribution in [2.45, 2.75) is 18.6 Å². The van der Waals surface area contributed by atoms with Crippen molar-refractivity contribution >= 4 is 17.4 Å². The number of hydrogen-bond donors (Lipinski definition) is 1. The fourth-order valence-electron chi connectivity index (χ4n) is 0.989. The van der Waals surface area contributed by atoms with Crippen molar-refractivity contribution in [1.29, 1.82) is 5.26 Å². The number of nitrogens with one attached hydrogen (secondary N) is 1. The van der Waals surface area contributed by atoms with E-state index in [0.29, 0.717) is 5.69 Å². The summed E-state index contributed by atoms with van der Waals surface area (Å²) < 4.78 is 0.191. The van der Waals surface area contributed by atoms with Crippen LogP contribution in [0.25, 0.3) is 0 Å². The average Bonchev–Trinajstić information content (AvgIpc) is 2.27. The highest BCUT2D eigenvalue weighted by molar-refractivity contribution is 7.99. The number of rotatable bonds is 4. The minimum absolute atomic E-state index is 0.191. The summed E-state index contributed by atoms with van der Waals surface area (Å²) in [7, 11) is 0. The first-order valence-corrected chi connectivity index (χ1v) is 5.95. The van der Waals surface area contributed by atoms with Crippen LogP contribution in [0.5, 0.6) is 0 Å². The van der Waals surface area contributed by atoms with Gasteiger partial charge < -0.3 is 5.32 Å². The molecule has 0 aliphatic rings. The highest BCUT2D eigenvalue weighted by Gasteiger charge is 2.15. The highest BCUT2D eigenvalue weighted by atomic mass is 32.2. The summed E-state index contributed by atoms with van der Waals surface area (Å²) in [6.07, 6.45) is 3.74. The Morgan fingerprint density at radius 2 is 2.33 bits per heavy atom. The van der Waals surface area contributed by atoms with Gasteiger partial charge >= 0.3 is 0 Å². The first-order chi connectivity index (χ1) is 7.07. The van der Waals surface area contributed by atoms with E-state index in [0.717, 1.165) is 12.2 Å². The van der Waals surface area contributed by atoms with Crippen molar-refractivity contribution in [3.63, 3.8) is 0 Å². The lowest BCUT2D eigenvalue weighted by Gasteiger charge is -2.22. The topological polar surface area (TPSA) is 48.7 Å². The molecule has 0 atom stereocenters. The lowest BCUT2D eigenvalue weighted by atomic mass is 10.2. The monoisotopic (exact) mass is 221 g/mol. The van der Waals surface area contributed by atoms with Crippen LogP contribution in [0.4, 0.5) is 5.69 Å². The van der Waals surface area contributed by atoms with E-state index < -0.39 is 0 Å². The Hall–Kier alpha value is -1.21. The second kappa shape index (κ2) is 5.04. The van der Waals surface area contributed by atoms with Gasteiger partial charge in [-0.2, -0.15) is 17.0 Å². The first-order valence-electron chi connectivity index (χ1n) is 4.72.